The van der Waals surface area contributed by atoms with E-state index in [1.165, 1.54) is 0 Å². The lowest BCUT2D eigenvalue weighted by Crippen LogP contribution is -2.53. The lowest BCUT2D eigenvalue weighted by atomic mass is 9.92. The van der Waals surface area contributed by atoms with Gasteiger partial charge in [-0.15, -0.1) is 0 Å². The molecule has 0 fully saturated rings. The molecule has 106 valence electrons. The summed E-state index contributed by atoms with van der Waals surface area (Å²) in [6.07, 6.45) is 0.625. The van der Waals surface area contributed by atoms with Gasteiger partial charge in [-0.2, -0.15) is 5.10 Å². The van der Waals surface area contributed by atoms with Gasteiger partial charge in [0.2, 0.25) is 0 Å². The minimum absolute atomic E-state index is 0.216. The number of para-hydroxylation sites is 1. The molecule has 20 heavy (non-hydrogen) atoms. The van der Waals surface area contributed by atoms with E-state index in [9.17, 15) is 14.7 Å². The second-order valence-electron chi connectivity index (χ2n) is 4.67. The molecule has 6 nitrogen and oxygen atoms in total. The number of hydrogen-bond acceptors (Lipinski definition) is 3. The smallest absolute Gasteiger partial charge is 0.329 e. The van der Waals surface area contributed by atoms with Gasteiger partial charge in [-0.3, -0.25) is 9.89 Å². The van der Waals surface area contributed by atoms with Crippen molar-refractivity contribution in [3.63, 3.8) is 0 Å². The highest BCUT2D eigenvalue weighted by Gasteiger charge is 2.37. The zero-order valence-corrected chi connectivity index (χ0v) is 11.4. The number of H-pyrrole nitrogens is 1. The molecule has 2 rings (SSSR count). The fourth-order valence-electron chi connectivity index (χ4n) is 2.20. The average Bonchev–Trinajstić information content (AvgIpc) is 2.88. The summed E-state index contributed by atoms with van der Waals surface area (Å²) in [5.74, 6) is -1.51. The molecule has 1 aromatic carbocycles. The van der Waals surface area contributed by atoms with Crippen LogP contribution < -0.4 is 5.32 Å². The Bertz CT molecular complexity index is 644. The third-order valence-corrected chi connectivity index (χ3v) is 3.65. The Kier molecular flexibility index (Phi) is 3.74. The van der Waals surface area contributed by atoms with E-state index in [1.807, 2.05) is 12.1 Å². The Morgan fingerprint density at radius 2 is 1.95 bits per heavy atom. The molecule has 0 atom stereocenters. The highest BCUT2D eigenvalue weighted by atomic mass is 16.4. The average molecular weight is 275 g/mol. The summed E-state index contributed by atoms with van der Waals surface area (Å²) in [6, 6.07) is 7.22. The van der Waals surface area contributed by atoms with Crippen LogP contribution >= 0.6 is 0 Å². The topological polar surface area (TPSA) is 95.1 Å². The molecule has 0 bridgehead atoms. The SMILES string of the molecule is CCC(CC)(NC(=O)c1n[nH]c2ccccc12)C(=O)O. The fraction of sp³-hybridized carbons (Fsp3) is 0.357. The van der Waals surface area contributed by atoms with Crippen LogP contribution in [0.4, 0.5) is 0 Å². The molecular formula is C14H17N3O3. The van der Waals surface area contributed by atoms with E-state index in [2.05, 4.69) is 15.5 Å². The van der Waals surface area contributed by atoms with Crippen molar-refractivity contribution < 1.29 is 14.7 Å². The molecule has 0 aliphatic heterocycles. The van der Waals surface area contributed by atoms with Gasteiger partial charge in [0.15, 0.2) is 5.69 Å². The molecule has 0 unspecified atom stereocenters. The number of benzene rings is 1. The van der Waals surface area contributed by atoms with Crippen LogP contribution in [0.3, 0.4) is 0 Å². The van der Waals surface area contributed by atoms with Gasteiger partial charge in [0.05, 0.1) is 5.52 Å². The minimum atomic E-state index is -1.25. The predicted octanol–water partition coefficient (Wildman–Crippen LogP) is 1.94. The summed E-state index contributed by atoms with van der Waals surface area (Å²) in [4.78, 5) is 23.7. The first kappa shape index (κ1) is 14.0. The van der Waals surface area contributed by atoms with Crippen LogP contribution in [-0.4, -0.2) is 32.7 Å². The monoisotopic (exact) mass is 275 g/mol. The molecule has 2 aromatic rings. The molecule has 0 aliphatic rings. The minimum Gasteiger partial charge on any atom is -0.480 e. The third-order valence-electron chi connectivity index (χ3n) is 3.65. The van der Waals surface area contributed by atoms with Crippen LogP contribution in [-0.2, 0) is 4.79 Å². The lowest BCUT2D eigenvalue weighted by Gasteiger charge is -2.27. The Morgan fingerprint density at radius 3 is 2.55 bits per heavy atom. The first-order valence-corrected chi connectivity index (χ1v) is 6.53. The number of hydrogen-bond donors (Lipinski definition) is 3. The number of carbonyl (C=O) groups is 2. The highest BCUT2D eigenvalue weighted by Crippen LogP contribution is 2.19. The first-order valence-electron chi connectivity index (χ1n) is 6.53. The van der Waals surface area contributed by atoms with Gasteiger partial charge in [-0.25, -0.2) is 4.79 Å². The summed E-state index contributed by atoms with van der Waals surface area (Å²) in [5.41, 5.74) is -0.295. The van der Waals surface area contributed by atoms with Crippen LogP contribution in [0.1, 0.15) is 37.2 Å². The van der Waals surface area contributed by atoms with Crippen LogP contribution in [0.25, 0.3) is 10.9 Å². The quantitative estimate of drug-likeness (QED) is 0.777. The van der Waals surface area contributed by atoms with Crippen molar-refractivity contribution in [2.75, 3.05) is 0 Å². The van der Waals surface area contributed by atoms with Crippen molar-refractivity contribution in [2.45, 2.75) is 32.2 Å². The normalized spacial score (nSPS) is 11.5. The van der Waals surface area contributed by atoms with Crippen molar-refractivity contribution in [3.8, 4) is 0 Å². The number of aliphatic carboxylic acids is 1. The maximum absolute atomic E-state index is 12.3. The van der Waals surface area contributed by atoms with E-state index in [0.717, 1.165) is 5.52 Å². The molecule has 0 saturated heterocycles. The van der Waals surface area contributed by atoms with E-state index >= 15 is 0 Å². The van der Waals surface area contributed by atoms with Gasteiger partial charge >= 0.3 is 5.97 Å². The molecular weight excluding hydrogens is 258 g/mol. The molecule has 0 aliphatic carbocycles. The van der Waals surface area contributed by atoms with Crippen molar-refractivity contribution in [1.82, 2.24) is 15.5 Å². The largest absolute Gasteiger partial charge is 0.480 e. The second kappa shape index (κ2) is 5.32. The Hall–Kier alpha value is -2.37. The number of carboxylic acids is 1. The van der Waals surface area contributed by atoms with Crippen molar-refractivity contribution >= 4 is 22.8 Å². The highest BCUT2D eigenvalue weighted by molar-refractivity contribution is 6.06. The number of carbonyl (C=O) groups excluding carboxylic acids is 1. The summed E-state index contributed by atoms with van der Waals surface area (Å²) in [7, 11) is 0. The van der Waals surface area contributed by atoms with Gasteiger partial charge in [0.25, 0.3) is 5.91 Å². The van der Waals surface area contributed by atoms with Crippen molar-refractivity contribution in [1.29, 1.82) is 0 Å². The van der Waals surface area contributed by atoms with Gasteiger partial charge in [0, 0.05) is 5.39 Å². The van der Waals surface area contributed by atoms with Crippen LogP contribution in [0.2, 0.25) is 0 Å². The maximum atomic E-state index is 12.3. The van der Waals surface area contributed by atoms with Gasteiger partial charge in [-0.05, 0) is 18.9 Å². The van der Waals surface area contributed by atoms with Gasteiger partial charge < -0.3 is 10.4 Å². The second-order valence-corrected chi connectivity index (χ2v) is 4.67. The van der Waals surface area contributed by atoms with E-state index in [0.29, 0.717) is 18.2 Å². The molecule has 3 N–H and O–H groups in total. The molecule has 0 saturated carbocycles. The first-order chi connectivity index (χ1) is 9.54. The summed E-state index contributed by atoms with van der Waals surface area (Å²) in [6.45, 7) is 3.47. The molecule has 6 heteroatoms. The third kappa shape index (κ3) is 2.24. The molecule has 1 amide bonds. The zero-order valence-electron chi connectivity index (χ0n) is 11.4. The van der Waals surface area contributed by atoms with Crippen molar-refractivity contribution in [3.05, 3.63) is 30.0 Å². The summed E-state index contributed by atoms with van der Waals surface area (Å²) >= 11 is 0. The Balaban J connectivity index is 2.34. The summed E-state index contributed by atoms with van der Waals surface area (Å²) < 4.78 is 0. The van der Waals surface area contributed by atoms with E-state index in [4.69, 9.17) is 0 Å². The molecule has 1 aromatic heterocycles. The van der Waals surface area contributed by atoms with E-state index in [1.54, 1.807) is 26.0 Å². The number of carboxylic acid groups (broad SMARTS) is 1. The van der Waals surface area contributed by atoms with Gasteiger partial charge in [0.1, 0.15) is 5.54 Å². The molecule has 0 spiro atoms. The molecule has 0 radical (unpaired) electrons. The number of aromatic amines is 1. The number of aromatic nitrogens is 2. The van der Waals surface area contributed by atoms with Crippen LogP contribution in [0.15, 0.2) is 24.3 Å². The maximum Gasteiger partial charge on any atom is 0.329 e. The van der Waals surface area contributed by atoms with E-state index in [-0.39, 0.29) is 5.69 Å². The van der Waals surface area contributed by atoms with E-state index < -0.39 is 17.4 Å². The number of nitrogens with one attached hydrogen (secondary N) is 2. The number of rotatable bonds is 5. The van der Waals surface area contributed by atoms with Gasteiger partial charge in [-0.1, -0.05) is 32.0 Å². The number of amides is 1. The predicted molar refractivity (Wildman–Crippen MR) is 74.5 cm³/mol. The molecule has 1 heterocycles. The Morgan fingerprint density at radius 1 is 1.30 bits per heavy atom. The fourth-order valence-corrected chi connectivity index (χ4v) is 2.20. The van der Waals surface area contributed by atoms with Crippen LogP contribution in [0, 0.1) is 0 Å². The summed E-state index contributed by atoms with van der Waals surface area (Å²) in [5, 5.41) is 19.4. The van der Waals surface area contributed by atoms with Crippen molar-refractivity contribution in [2.24, 2.45) is 0 Å². The number of fused-ring (bicyclic) bond motifs is 1. The van der Waals surface area contributed by atoms with Crippen LogP contribution in [0.5, 0.6) is 0 Å². The zero-order chi connectivity index (χ0) is 14.8. The Labute approximate surface area is 116 Å². The number of nitrogens with zero attached hydrogens (tertiary/aromatic N) is 1. The standard InChI is InChI=1S/C14H17N3O3/c1-3-14(4-2,13(19)20)15-12(18)11-9-7-5-6-8-10(9)16-17-11/h5-8H,3-4H2,1-2H3,(H,15,18)(H,16,17)(H,19,20). The lowest BCUT2D eigenvalue weighted by molar-refractivity contribution is -0.144.